The summed E-state index contributed by atoms with van der Waals surface area (Å²) >= 11 is 0. The largest absolute Gasteiger partial charge is 0.497 e. The third-order valence-corrected chi connectivity index (χ3v) is 4.04. The van der Waals surface area contributed by atoms with Crippen molar-refractivity contribution >= 4 is 17.8 Å². The molecule has 23 heavy (non-hydrogen) atoms. The highest BCUT2D eigenvalue weighted by molar-refractivity contribution is 6.81. The van der Waals surface area contributed by atoms with Crippen LogP contribution in [0.3, 0.4) is 0 Å². The average Bonchev–Trinajstić information content (AvgIpc) is 2.52. The molecular weight excluding hydrogens is 291 g/mol. The van der Waals surface area contributed by atoms with Gasteiger partial charge in [-0.1, -0.05) is 28.8 Å². The quantitative estimate of drug-likeness (QED) is 0.854. The number of benzene rings is 2. The molecule has 0 saturated heterocycles. The van der Waals surface area contributed by atoms with Crippen molar-refractivity contribution < 1.29 is 19.2 Å². The SMILES string of the molecule is COc1cc(OC)c(B(O)c2c(C)cc(C)cc2C)c(OC)c1. The van der Waals surface area contributed by atoms with Crippen molar-refractivity contribution in [1.82, 2.24) is 0 Å². The van der Waals surface area contributed by atoms with Crippen LogP contribution >= 0.6 is 0 Å². The fourth-order valence-corrected chi connectivity index (χ4v) is 3.07. The first-order chi connectivity index (χ1) is 10.9. The third kappa shape index (κ3) is 3.29. The molecule has 0 atom stereocenters. The number of methoxy groups -OCH3 is 3. The first-order valence-corrected chi connectivity index (χ1v) is 7.48. The van der Waals surface area contributed by atoms with E-state index in [2.05, 4.69) is 12.1 Å². The lowest BCUT2D eigenvalue weighted by Gasteiger charge is -2.20. The molecular formula is C18H23BO4. The van der Waals surface area contributed by atoms with E-state index in [0.29, 0.717) is 22.7 Å². The molecule has 0 amide bonds. The highest BCUT2D eigenvalue weighted by Crippen LogP contribution is 2.26. The molecule has 0 aromatic heterocycles. The van der Waals surface area contributed by atoms with Crippen LogP contribution in [0.1, 0.15) is 16.7 Å². The van der Waals surface area contributed by atoms with Crippen molar-refractivity contribution in [3.05, 3.63) is 41.0 Å². The molecule has 0 saturated carbocycles. The highest BCUT2D eigenvalue weighted by atomic mass is 16.5. The maximum absolute atomic E-state index is 11.0. The number of aryl methyl sites for hydroxylation is 3. The van der Waals surface area contributed by atoms with Gasteiger partial charge in [-0.25, -0.2) is 0 Å². The van der Waals surface area contributed by atoms with Crippen LogP contribution < -0.4 is 25.1 Å². The maximum atomic E-state index is 11.0. The summed E-state index contributed by atoms with van der Waals surface area (Å²) in [6.07, 6.45) is 0. The van der Waals surface area contributed by atoms with E-state index in [4.69, 9.17) is 14.2 Å². The number of hydrogen-bond donors (Lipinski definition) is 1. The van der Waals surface area contributed by atoms with E-state index in [1.165, 1.54) is 5.56 Å². The molecule has 0 aliphatic carbocycles. The molecule has 0 spiro atoms. The highest BCUT2D eigenvalue weighted by Gasteiger charge is 2.29. The van der Waals surface area contributed by atoms with Gasteiger partial charge in [0.25, 0.3) is 0 Å². The van der Waals surface area contributed by atoms with E-state index in [9.17, 15) is 5.02 Å². The minimum Gasteiger partial charge on any atom is -0.497 e. The predicted octanol–water partition coefficient (Wildman–Crippen LogP) is 1.74. The van der Waals surface area contributed by atoms with Crippen molar-refractivity contribution in [2.24, 2.45) is 0 Å². The Morgan fingerprint density at radius 3 is 1.61 bits per heavy atom. The van der Waals surface area contributed by atoms with Crippen LogP contribution in [0.2, 0.25) is 0 Å². The van der Waals surface area contributed by atoms with Gasteiger partial charge >= 0.3 is 6.92 Å². The average molecular weight is 314 g/mol. The second-order valence-electron chi connectivity index (χ2n) is 5.66. The lowest BCUT2D eigenvalue weighted by molar-refractivity contribution is 0.378. The smallest absolute Gasteiger partial charge is 0.367 e. The molecule has 0 aliphatic rings. The second-order valence-corrected chi connectivity index (χ2v) is 5.66. The van der Waals surface area contributed by atoms with Crippen LogP contribution in [-0.4, -0.2) is 33.3 Å². The summed E-state index contributed by atoms with van der Waals surface area (Å²) in [5.74, 6) is 1.69. The van der Waals surface area contributed by atoms with Crippen LogP contribution in [0.5, 0.6) is 17.2 Å². The minimum absolute atomic E-state index is 0.535. The Morgan fingerprint density at radius 2 is 1.22 bits per heavy atom. The van der Waals surface area contributed by atoms with Crippen molar-refractivity contribution in [1.29, 1.82) is 0 Å². The van der Waals surface area contributed by atoms with Crippen LogP contribution in [0.15, 0.2) is 24.3 Å². The van der Waals surface area contributed by atoms with Gasteiger partial charge in [-0.2, -0.15) is 0 Å². The predicted molar refractivity (Wildman–Crippen MR) is 94.0 cm³/mol. The Kier molecular flexibility index (Phi) is 5.21. The zero-order valence-corrected chi connectivity index (χ0v) is 14.6. The van der Waals surface area contributed by atoms with Gasteiger partial charge < -0.3 is 19.2 Å². The zero-order valence-electron chi connectivity index (χ0n) is 14.6. The summed E-state index contributed by atoms with van der Waals surface area (Å²) in [6.45, 7) is 5.21. The van der Waals surface area contributed by atoms with Gasteiger partial charge in [0.2, 0.25) is 0 Å². The summed E-state index contributed by atoms with van der Waals surface area (Å²) in [5, 5.41) is 11.0. The van der Waals surface area contributed by atoms with E-state index < -0.39 is 6.92 Å². The Hall–Kier alpha value is -2.14. The fraction of sp³-hybridized carbons (Fsp3) is 0.333. The van der Waals surface area contributed by atoms with Gasteiger partial charge in [0.05, 0.1) is 21.3 Å². The van der Waals surface area contributed by atoms with E-state index in [1.54, 1.807) is 33.5 Å². The second kappa shape index (κ2) is 6.96. The maximum Gasteiger partial charge on any atom is 0.367 e. The van der Waals surface area contributed by atoms with Crippen molar-refractivity contribution in [2.75, 3.05) is 21.3 Å². The Bertz CT molecular complexity index is 664. The summed E-state index contributed by atoms with van der Waals surface area (Å²) in [7, 11) is 4.72. The van der Waals surface area contributed by atoms with Crippen molar-refractivity contribution in [3.63, 3.8) is 0 Å². The summed E-state index contributed by atoms with van der Waals surface area (Å²) in [6, 6.07) is 7.63. The van der Waals surface area contributed by atoms with E-state index >= 15 is 0 Å². The summed E-state index contributed by atoms with van der Waals surface area (Å²) in [4.78, 5) is 0. The molecule has 122 valence electrons. The van der Waals surface area contributed by atoms with Crippen LogP contribution in [0, 0.1) is 20.8 Å². The molecule has 2 aromatic carbocycles. The molecule has 4 nitrogen and oxygen atoms in total. The van der Waals surface area contributed by atoms with Crippen molar-refractivity contribution in [3.8, 4) is 17.2 Å². The van der Waals surface area contributed by atoms with Gasteiger partial charge in [0.15, 0.2) is 0 Å². The van der Waals surface area contributed by atoms with Crippen LogP contribution in [0.25, 0.3) is 0 Å². The molecule has 0 bridgehead atoms. The van der Waals surface area contributed by atoms with Gasteiger partial charge in [-0.3, -0.25) is 0 Å². The Morgan fingerprint density at radius 1 is 0.739 bits per heavy atom. The number of rotatable bonds is 5. The number of ether oxygens (including phenoxy) is 3. The van der Waals surface area contributed by atoms with Gasteiger partial charge in [0.1, 0.15) is 17.2 Å². The van der Waals surface area contributed by atoms with E-state index in [0.717, 1.165) is 16.6 Å². The molecule has 5 heteroatoms. The molecule has 2 aromatic rings. The number of hydrogen-bond acceptors (Lipinski definition) is 4. The van der Waals surface area contributed by atoms with Gasteiger partial charge in [-0.05, 0) is 26.2 Å². The van der Waals surface area contributed by atoms with Crippen LogP contribution in [0.4, 0.5) is 0 Å². The van der Waals surface area contributed by atoms with Gasteiger partial charge in [0, 0.05) is 17.6 Å². The zero-order chi connectivity index (χ0) is 17.1. The Labute approximate surface area is 138 Å². The molecule has 0 unspecified atom stereocenters. The molecule has 0 fully saturated rings. The lowest BCUT2D eigenvalue weighted by Crippen LogP contribution is -2.46. The topological polar surface area (TPSA) is 47.9 Å². The molecule has 0 radical (unpaired) electrons. The van der Waals surface area contributed by atoms with E-state index in [1.807, 2.05) is 20.8 Å². The normalized spacial score (nSPS) is 10.4. The third-order valence-electron chi connectivity index (χ3n) is 4.04. The van der Waals surface area contributed by atoms with Crippen LogP contribution in [-0.2, 0) is 0 Å². The monoisotopic (exact) mass is 314 g/mol. The van der Waals surface area contributed by atoms with E-state index in [-0.39, 0.29) is 0 Å². The first-order valence-electron chi connectivity index (χ1n) is 7.48. The standard InChI is InChI=1S/C18H23BO4/c1-11-7-12(2)17(13(3)8-11)19(20)18-15(22-5)9-14(21-4)10-16(18)23-6/h7-10,20H,1-6H3. The molecule has 0 heterocycles. The first kappa shape index (κ1) is 17.2. The summed E-state index contributed by atoms with van der Waals surface area (Å²) in [5.41, 5.74) is 4.72. The minimum atomic E-state index is -0.841. The Balaban J connectivity index is 2.66. The molecule has 2 rings (SSSR count). The van der Waals surface area contributed by atoms with Crippen molar-refractivity contribution in [2.45, 2.75) is 20.8 Å². The molecule has 1 N–H and O–H groups in total. The molecule has 0 aliphatic heterocycles. The summed E-state index contributed by atoms with van der Waals surface area (Å²) < 4.78 is 16.2. The lowest BCUT2D eigenvalue weighted by atomic mass is 9.52. The fourth-order valence-electron chi connectivity index (χ4n) is 3.07. The van der Waals surface area contributed by atoms with Gasteiger partial charge in [-0.15, -0.1) is 0 Å².